The molecule has 0 saturated carbocycles. The van der Waals surface area contributed by atoms with Crippen molar-refractivity contribution in [1.82, 2.24) is 9.78 Å². The predicted octanol–water partition coefficient (Wildman–Crippen LogP) is 3.22. The van der Waals surface area contributed by atoms with Gasteiger partial charge < -0.3 is 5.32 Å². The number of amides is 1. The Morgan fingerprint density at radius 2 is 2.00 bits per heavy atom. The van der Waals surface area contributed by atoms with Crippen LogP contribution in [0.5, 0.6) is 0 Å². The van der Waals surface area contributed by atoms with Gasteiger partial charge in [-0.3, -0.25) is 9.59 Å². The van der Waals surface area contributed by atoms with E-state index in [0.717, 1.165) is 10.4 Å². The molecule has 2 aromatic heterocycles. The van der Waals surface area contributed by atoms with Gasteiger partial charge in [0.1, 0.15) is 11.1 Å². The maximum Gasteiger partial charge on any atom is 0.277 e. The lowest BCUT2D eigenvalue weighted by Crippen LogP contribution is -2.27. The normalized spacial score (nSPS) is 10.6. The van der Waals surface area contributed by atoms with Gasteiger partial charge in [-0.25, -0.2) is 4.68 Å². The first-order valence-electron chi connectivity index (χ1n) is 7.79. The fourth-order valence-electron chi connectivity index (χ4n) is 2.63. The molecule has 1 aromatic carbocycles. The molecule has 3 aromatic rings. The summed E-state index contributed by atoms with van der Waals surface area (Å²) in [5.74, 6) is -0.434. The standard InChI is InChI=1S/C18H16N4O2S/c1-4-22-18(24)13-8-6-5-7-12(13)15(21-22)16(23)20-17-14(9-19)10(2)11(3)25-17/h5-8H,4H2,1-3H3,(H,20,23). The van der Waals surface area contributed by atoms with Gasteiger partial charge in [0.15, 0.2) is 5.69 Å². The summed E-state index contributed by atoms with van der Waals surface area (Å²) in [4.78, 5) is 26.1. The first-order chi connectivity index (χ1) is 12.0. The summed E-state index contributed by atoms with van der Waals surface area (Å²) in [6.45, 7) is 5.92. The minimum Gasteiger partial charge on any atom is -0.311 e. The Hall–Kier alpha value is -2.98. The molecule has 0 aliphatic carbocycles. The summed E-state index contributed by atoms with van der Waals surface area (Å²) >= 11 is 1.36. The second-order valence-corrected chi connectivity index (χ2v) is 6.79. The van der Waals surface area contributed by atoms with Gasteiger partial charge >= 0.3 is 0 Å². The second-order valence-electron chi connectivity index (χ2n) is 5.57. The van der Waals surface area contributed by atoms with Crippen molar-refractivity contribution >= 4 is 33.0 Å². The fraction of sp³-hybridized carbons (Fsp3) is 0.222. The number of aromatic nitrogens is 2. The number of hydrogen-bond donors (Lipinski definition) is 1. The van der Waals surface area contributed by atoms with Crippen LogP contribution in [0, 0.1) is 25.2 Å². The highest BCUT2D eigenvalue weighted by Gasteiger charge is 2.20. The van der Waals surface area contributed by atoms with E-state index in [-0.39, 0.29) is 11.3 Å². The molecule has 0 bridgehead atoms. The molecule has 0 atom stereocenters. The maximum absolute atomic E-state index is 12.8. The number of thiophene rings is 1. The SMILES string of the molecule is CCn1nc(C(=O)Nc2sc(C)c(C)c2C#N)c2ccccc2c1=O. The maximum atomic E-state index is 12.8. The number of carbonyl (C=O) groups is 1. The number of hydrogen-bond acceptors (Lipinski definition) is 5. The van der Waals surface area contributed by atoms with E-state index in [0.29, 0.717) is 27.9 Å². The quantitative estimate of drug-likeness (QED) is 0.784. The third-order valence-corrected chi connectivity index (χ3v) is 5.23. The molecule has 7 heteroatoms. The first-order valence-corrected chi connectivity index (χ1v) is 8.60. The molecule has 0 aliphatic heterocycles. The molecule has 126 valence electrons. The van der Waals surface area contributed by atoms with E-state index < -0.39 is 5.91 Å². The number of aryl methyl sites for hydroxylation is 2. The number of benzene rings is 1. The van der Waals surface area contributed by atoms with E-state index in [4.69, 9.17) is 0 Å². The molecule has 3 rings (SSSR count). The Morgan fingerprint density at radius 3 is 2.64 bits per heavy atom. The van der Waals surface area contributed by atoms with Crippen molar-refractivity contribution in [2.24, 2.45) is 0 Å². The van der Waals surface area contributed by atoms with Crippen LogP contribution >= 0.6 is 11.3 Å². The Bertz CT molecular complexity index is 1090. The van der Waals surface area contributed by atoms with Crippen LogP contribution in [0.15, 0.2) is 29.1 Å². The zero-order valence-corrected chi connectivity index (χ0v) is 14.9. The van der Waals surface area contributed by atoms with E-state index >= 15 is 0 Å². The van der Waals surface area contributed by atoms with Gasteiger partial charge in [-0.2, -0.15) is 10.4 Å². The third kappa shape index (κ3) is 2.81. The molecular formula is C18H16N4O2S. The molecule has 0 fully saturated rings. The Morgan fingerprint density at radius 1 is 1.32 bits per heavy atom. The summed E-state index contributed by atoms with van der Waals surface area (Å²) in [6.07, 6.45) is 0. The first kappa shape index (κ1) is 16.9. The summed E-state index contributed by atoms with van der Waals surface area (Å²) in [5.41, 5.74) is 1.27. The highest BCUT2D eigenvalue weighted by molar-refractivity contribution is 7.16. The van der Waals surface area contributed by atoms with Gasteiger partial charge in [0, 0.05) is 16.8 Å². The zero-order valence-electron chi connectivity index (χ0n) is 14.1. The van der Waals surface area contributed by atoms with Gasteiger partial charge in [-0.15, -0.1) is 11.3 Å². The van der Waals surface area contributed by atoms with Crippen molar-refractivity contribution in [1.29, 1.82) is 5.26 Å². The van der Waals surface area contributed by atoms with Gasteiger partial charge in [0.2, 0.25) is 0 Å². The highest BCUT2D eigenvalue weighted by Crippen LogP contribution is 2.32. The number of rotatable bonds is 3. The summed E-state index contributed by atoms with van der Waals surface area (Å²) in [7, 11) is 0. The number of fused-ring (bicyclic) bond motifs is 1. The minimum absolute atomic E-state index is 0.171. The van der Waals surface area contributed by atoms with E-state index in [2.05, 4.69) is 16.5 Å². The van der Waals surface area contributed by atoms with Crippen molar-refractivity contribution < 1.29 is 4.79 Å². The number of nitriles is 1. The van der Waals surface area contributed by atoms with Crippen LogP contribution in [0.4, 0.5) is 5.00 Å². The fourth-order valence-corrected chi connectivity index (χ4v) is 3.64. The van der Waals surface area contributed by atoms with Crippen molar-refractivity contribution in [3.05, 3.63) is 56.3 Å². The molecule has 1 N–H and O–H groups in total. The Kier molecular flexibility index (Phi) is 4.38. The summed E-state index contributed by atoms with van der Waals surface area (Å²) in [5, 5.41) is 17.8. The number of anilines is 1. The second kappa shape index (κ2) is 6.49. The van der Waals surface area contributed by atoms with Crippen LogP contribution in [0.1, 0.15) is 33.4 Å². The van der Waals surface area contributed by atoms with E-state index in [1.165, 1.54) is 16.0 Å². The topological polar surface area (TPSA) is 87.8 Å². The number of nitrogens with one attached hydrogen (secondary N) is 1. The molecule has 6 nitrogen and oxygen atoms in total. The van der Waals surface area contributed by atoms with Crippen LogP contribution in [0.25, 0.3) is 10.8 Å². The zero-order chi connectivity index (χ0) is 18.1. The van der Waals surface area contributed by atoms with Crippen LogP contribution in [0.3, 0.4) is 0 Å². The third-order valence-electron chi connectivity index (χ3n) is 4.11. The molecule has 0 unspecified atom stereocenters. The lowest BCUT2D eigenvalue weighted by Gasteiger charge is -2.09. The Labute approximate surface area is 148 Å². The van der Waals surface area contributed by atoms with Crippen molar-refractivity contribution in [3.8, 4) is 6.07 Å². The number of carbonyl (C=O) groups excluding carboxylic acids is 1. The van der Waals surface area contributed by atoms with Gasteiger partial charge in [-0.1, -0.05) is 18.2 Å². The van der Waals surface area contributed by atoms with Crippen molar-refractivity contribution in [2.45, 2.75) is 27.3 Å². The minimum atomic E-state index is -0.434. The molecule has 2 heterocycles. The average molecular weight is 352 g/mol. The summed E-state index contributed by atoms with van der Waals surface area (Å²) in [6, 6.07) is 9.03. The smallest absolute Gasteiger partial charge is 0.277 e. The van der Waals surface area contributed by atoms with E-state index in [1.54, 1.807) is 31.2 Å². The van der Waals surface area contributed by atoms with Gasteiger partial charge in [0.05, 0.1) is 10.9 Å². The summed E-state index contributed by atoms with van der Waals surface area (Å²) < 4.78 is 1.27. The highest BCUT2D eigenvalue weighted by atomic mass is 32.1. The van der Waals surface area contributed by atoms with Crippen molar-refractivity contribution in [3.63, 3.8) is 0 Å². The van der Waals surface area contributed by atoms with Gasteiger partial charge in [-0.05, 0) is 32.4 Å². The predicted molar refractivity (Wildman–Crippen MR) is 98.1 cm³/mol. The monoisotopic (exact) mass is 352 g/mol. The molecule has 1 amide bonds. The van der Waals surface area contributed by atoms with E-state index in [1.807, 2.05) is 13.8 Å². The van der Waals surface area contributed by atoms with Crippen molar-refractivity contribution in [2.75, 3.05) is 5.32 Å². The van der Waals surface area contributed by atoms with Crippen LogP contribution < -0.4 is 10.9 Å². The molecule has 0 saturated heterocycles. The van der Waals surface area contributed by atoms with Crippen LogP contribution in [0.2, 0.25) is 0 Å². The Balaban J connectivity index is 2.13. The molecule has 0 spiro atoms. The van der Waals surface area contributed by atoms with Gasteiger partial charge in [0.25, 0.3) is 11.5 Å². The lowest BCUT2D eigenvalue weighted by molar-refractivity contribution is 0.102. The largest absolute Gasteiger partial charge is 0.311 e. The lowest BCUT2D eigenvalue weighted by atomic mass is 10.1. The molecule has 0 radical (unpaired) electrons. The molecule has 25 heavy (non-hydrogen) atoms. The van der Waals surface area contributed by atoms with Crippen LogP contribution in [-0.2, 0) is 6.54 Å². The van der Waals surface area contributed by atoms with E-state index in [9.17, 15) is 14.9 Å². The average Bonchev–Trinajstić information content (AvgIpc) is 2.88. The van der Waals surface area contributed by atoms with Crippen LogP contribution in [-0.4, -0.2) is 15.7 Å². The number of nitrogens with zero attached hydrogens (tertiary/aromatic N) is 3. The molecular weight excluding hydrogens is 336 g/mol. The molecule has 0 aliphatic rings.